The first kappa shape index (κ1) is 13.5. The van der Waals surface area contributed by atoms with Crippen LogP contribution in [0.4, 0.5) is 4.39 Å². The number of hydrogen-bond acceptors (Lipinski definition) is 2. The number of carboxylic acid groups (broad SMARTS) is 1. The number of para-hydroxylation sites is 1. The van der Waals surface area contributed by atoms with Gasteiger partial charge in [0.05, 0.1) is 12.0 Å². The molecule has 17 heavy (non-hydrogen) atoms. The summed E-state index contributed by atoms with van der Waals surface area (Å²) in [5.41, 5.74) is -0.765. The summed E-state index contributed by atoms with van der Waals surface area (Å²) in [7, 11) is 0. The van der Waals surface area contributed by atoms with Gasteiger partial charge in [-0.2, -0.15) is 0 Å². The minimum atomic E-state index is -0.830. The molecule has 0 unspecified atom stereocenters. The summed E-state index contributed by atoms with van der Waals surface area (Å²) >= 11 is 0. The molecule has 0 heterocycles. The third kappa shape index (κ3) is 4.06. The van der Waals surface area contributed by atoms with Crippen molar-refractivity contribution >= 4 is 5.97 Å². The summed E-state index contributed by atoms with van der Waals surface area (Å²) in [6.07, 6.45) is 1.07. The summed E-state index contributed by atoms with van der Waals surface area (Å²) in [4.78, 5) is 10.8. The average molecular weight is 240 g/mol. The molecule has 0 saturated heterocycles. The highest BCUT2D eigenvalue weighted by Crippen LogP contribution is 2.23. The van der Waals surface area contributed by atoms with E-state index in [-0.39, 0.29) is 5.75 Å². The Morgan fingerprint density at radius 3 is 2.65 bits per heavy atom. The highest BCUT2D eigenvalue weighted by molar-refractivity contribution is 5.73. The zero-order valence-corrected chi connectivity index (χ0v) is 10.1. The van der Waals surface area contributed by atoms with E-state index in [9.17, 15) is 9.18 Å². The second-order valence-corrected chi connectivity index (χ2v) is 4.57. The highest BCUT2D eigenvalue weighted by Gasteiger charge is 2.26. The number of rotatable bonds is 6. The predicted octanol–water partition coefficient (Wildman–Crippen LogP) is 3.10. The Morgan fingerprint density at radius 1 is 1.41 bits per heavy atom. The lowest BCUT2D eigenvalue weighted by molar-refractivity contribution is -0.147. The fourth-order valence-electron chi connectivity index (χ4n) is 1.36. The molecule has 0 amide bonds. The van der Waals surface area contributed by atoms with Crippen LogP contribution >= 0.6 is 0 Å². The fraction of sp³-hybridized carbons (Fsp3) is 0.462. The van der Waals surface area contributed by atoms with Gasteiger partial charge in [0, 0.05) is 0 Å². The van der Waals surface area contributed by atoms with Crippen LogP contribution in [0.25, 0.3) is 0 Å². The van der Waals surface area contributed by atoms with Crippen LogP contribution in [0.1, 0.15) is 26.7 Å². The van der Waals surface area contributed by atoms with Crippen molar-refractivity contribution in [2.24, 2.45) is 5.41 Å². The van der Waals surface area contributed by atoms with Gasteiger partial charge >= 0.3 is 5.97 Å². The molecule has 1 aromatic rings. The van der Waals surface area contributed by atoms with E-state index in [1.54, 1.807) is 32.0 Å². The van der Waals surface area contributed by atoms with Crippen molar-refractivity contribution in [2.45, 2.75) is 26.7 Å². The molecule has 4 heteroatoms. The summed E-state index contributed by atoms with van der Waals surface area (Å²) in [5, 5.41) is 8.90. The summed E-state index contributed by atoms with van der Waals surface area (Å²) < 4.78 is 18.4. The molecule has 94 valence electrons. The Hall–Kier alpha value is -1.58. The lowest BCUT2D eigenvalue weighted by atomic mass is 9.88. The molecule has 3 nitrogen and oxygen atoms in total. The molecule has 1 N–H and O–H groups in total. The smallest absolute Gasteiger partial charge is 0.309 e. The molecule has 0 saturated carbocycles. The van der Waals surface area contributed by atoms with Gasteiger partial charge in [-0.15, -0.1) is 0 Å². The van der Waals surface area contributed by atoms with Crippen molar-refractivity contribution in [1.29, 1.82) is 0 Å². The summed E-state index contributed by atoms with van der Waals surface area (Å²) in [6, 6.07) is 6.17. The van der Waals surface area contributed by atoms with Gasteiger partial charge in [-0.3, -0.25) is 4.79 Å². The predicted molar refractivity (Wildman–Crippen MR) is 62.5 cm³/mol. The van der Waals surface area contributed by atoms with E-state index < -0.39 is 17.2 Å². The summed E-state index contributed by atoms with van der Waals surface area (Å²) in [5.74, 6) is -1.02. The zero-order chi connectivity index (χ0) is 12.9. The van der Waals surface area contributed by atoms with E-state index in [0.29, 0.717) is 19.4 Å². The van der Waals surface area contributed by atoms with Gasteiger partial charge in [-0.05, 0) is 38.8 Å². The Bertz CT molecular complexity index is 388. The molecule has 1 aromatic carbocycles. The van der Waals surface area contributed by atoms with Crippen LogP contribution in [0.3, 0.4) is 0 Å². The second kappa shape index (κ2) is 5.66. The molecule has 0 bridgehead atoms. The van der Waals surface area contributed by atoms with Crippen molar-refractivity contribution < 1.29 is 19.0 Å². The third-order valence-corrected chi connectivity index (χ3v) is 2.62. The standard InChI is InChI=1S/C13H17FO3/c1-13(2,12(15)16)8-5-9-17-11-7-4-3-6-10(11)14/h3-4,6-7H,5,8-9H2,1-2H3,(H,15,16). The quantitative estimate of drug-likeness (QED) is 0.777. The SMILES string of the molecule is CC(C)(CCCOc1ccccc1F)C(=O)O. The minimum absolute atomic E-state index is 0.209. The molecule has 0 aliphatic carbocycles. The van der Waals surface area contributed by atoms with Crippen LogP contribution in [-0.2, 0) is 4.79 Å². The van der Waals surface area contributed by atoms with Crippen molar-refractivity contribution in [3.8, 4) is 5.75 Å². The maximum absolute atomic E-state index is 13.2. The normalized spacial score (nSPS) is 11.2. The lowest BCUT2D eigenvalue weighted by Crippen LogP contribution is -2.24. The first-order valence-electron chi connectivity index (χ1n) is 5.54. The molecule has 0 aliphatic rings. The van der Waals surface area contributed by atoms with Crippen LogP contribution in [-0.4, -0.2) is 17.7 Å². The molecule has 0 aliphatic heterocycles. The molecular weight excluding hydrogens is 223 g/mol. The Balaban J connectivity index is 2.35. The number of hydrogen-bond donors (Lipinski definition) is 1. The van der Waals surface area contributed by atoms with E-state index in [0.717, 1.165) is 0 Å². The Kier molecular flexibility index (Phi) is 4.49. The highest BCUT2D eigenvalue weighted by atomic mass is 19.1. The first-order valence-corrected chi connectivity index (χ1v) is 5.54. The number of benzene rings is 1. The molecule has 0 spiro atoms. The molecular formula is C13H17FO3. The van der Waals surface area contributed by atoms with Crippen LogP contribution < -0.4 is 4.74 Å². The molecule has 0 radical (unpaired) electrons. The first-order chi connectivity index (χ1) is 7.93. The third-order valence-electron chi connectivity index (χ3n) is 2.62. The van der Waals surface area contributed by atoms with Gasteiger partial charge in [-0.25, -0.2) is 4.39 Å². The van der Waals surface area contributed by atoms with Gasteiger partial charge in [-0.1, -0.05) is 12.1 Å². The van der Waals surface area contributed by atoms with Gasteiger partial charge in [0.2, 0.25) is 0 Å². The van der Waals surface area contributed by atoms with Crippen molar-refractivity contribution in [3.05, 3.63) is 30.1 Å². The van der Waals surface area contributed by atoms with Gasteiger partial charge in [0.25, 0.3) is 0 Å². The van der Waals surface area contributed by atoms with Gasteiger partial charge in [0.1, 0.15) is 0 Å². The van der Waals surface area contributed by atoms with Gasteiger partial charge in [0.15, 0.2) is 11.6 Å². The van der Waals surface area contributed by atoms with Crippen LogP contribution in [0.5, 0.6) is 5.75 Å². The second-order valence-electron chi connectivity index (χ2n) is 4.57. The van der Waals surface area contributed by atoms with E-state index in [4.69, 9.17) is 9.84 Å². The zero-order valence-electron chi connectivity index (χ0n) is 10.1. The Morgan fingerprint density at radius 2 is 2.06 bits per heavy atom. The summed E-state index contributed by atoms with van der Waals surface area (Å²) in [6.45, 7) is 3.65. The van der Waals surface area contributed by atoms with E-state index in [1.165, 1.54) is 6.07 Å². The minimum Gasteiger partial charge on any atom is -0.491 e. The monoisotopic (exact) mass is 240 g/mol. The topological polar surface area (TPSA) is 46.5 Å². The van der Waals surface area contributed by atoms with Crippen molar-refractivity contribution in [3.63, 3.8) is 0 Å². The number of carboxylic acids is 1. The molecule has 0 atom stereocenters. The maximum atomic E-state index is 13.2. The van der Waals surface area contributed by atoms with Crippen molar-refractivity contribution in [2.75, 3.05) is 6.61 Å². The largest absolute Gasteiger partial charge is 0.491 e. The van der Waals surface area contributed by atoms with E-state index >= 15 is 0 Å². The van der Waals surface area contributed by atoms with Crippen molar-refractivity contribution in [1.82, 2.24) is 0 Å². The van der Waals surface area contributed by atoms with E-state index in [1.807, 2.05) is 0 Å². The van der Waals surface area contributed by atoms with Crippen LogP contribution in [0.2, 0.25) is 0 Å². The number of carbonyl (C=O) groups is 1. The lowest BCUT2D eigenvalue weighted by Gasteiger charge is -2.18. The number of aliphatic carboxylic acids is 1. The number of halogens is 1. The molecule has 1 rings (SSSR count). The van der Waals surface area contributed by atoms with E-state index in [2.05, 4.69) is 0 Å². The van der Waals surface area contributed by atoms with Crippen LogP contribution in [0, 0.1) is 11.2 Å². The maximum Gasteiger partial charge on any atom is 0.309 e. The average Bonchev–Trinajstić information content (AvgIpc) is 2.26. The Labute approximate surface area is 100 Å². The molecule has 0 aromatic heterocycles. The van der Waals surface area contributed by atoms with Gasteiger partial charge < -0.3 is 9.84 Å². The molecule has 0 fully saturated rings. The van der Waals surface area contributed by atoms with Crippen LogP contribution in [0.15, 0.2) is 24.3 Å². The number of ether oxygens (including phenoxy) is 1. The fourth-order valence-corrected chi connectivity index (χ4v) is 1.36.